The van der Waals surface area contributed by atoms with E-state index in [1.165, 1.54) is 11.7 Å². The van der Waals surface area contributed by atoms with Gasteiger partial charge in [0.15, 0.2) is 11.4 Å². The Kier molecular flexibility index (Phi) is 6.18. The monoisotopic (exact) mass is 453 g/mol. The number of hydrogen-bond acceptors (Lipinski definition) is 4. The maximum atomic E-state index is 14.0. The number of rotatable bonds is 7. The topological polar surface area (TPSA) is 57.0 Å². The fraction of sp³-hybridized carbons (Fsp3) is 0.240. The van der Waals surface area contributed by atoms with E-state index < -0.39 is 11.7 Å². The van der Waals surface area contributed by atoms with Gasteiger partial charge < -0.3 is 4.74 Å². The summed E-state index contributed by atoms with van der Waals surface area (Å²) in [4.78, 5) is 16.6. The van der Waals surface area contributed by atoms with Crippen molar-refractivity contribution in [2.45, 2.75) is 25.4 Å². The number of fused-ring (bicyclic) bond motifs is 1. The molecule has 0 aliphatic heterocycles. The molecule has 1 atom stereocenters. The molecule has 8 heteroatoms. The molecule has 33 heavy (non-hydrogen) atoms. The summed E-state index contributed by atoms with van der Waals surface area (Å²) in [6.45, 7) is 1.55. The van der Waals surface area contributed by atoms with Crippen LogP contribution in [0.5, 0.6) is 5.88 Å². The second kappa shape index (κ2) is 9.05. The molecule has 2 aromatic carbocycles. The van der Waals surface area contributed by atoms with Gasteiger partial charge in [0.25, 0.3) is 0 Å². The minimum atomic E-state index is -4.66. The van der Waals surface area contributed by atoms with Gasteiger partial charge in [0.2, 0.25) is 5.88 Å². The van der Waals surface area contributed by atoms with Crippen LogP contribution in [0.4, 0.5) is 13.2 Å². The number of aryl methyl sites for hydroxylation is 1. The first-order valence-electron chi connectivity index (χ1n) is 10.4. The second-order valence-electron chi connectivity index (χ2n) is 7.89. The molecule has 4 aromatic rings. The van der Waals surface area contributed by atoms with Crippen molar-refractivity contribution in [2.75, 3.05) is 6.61 Å². The Hall–Kier alpha value is -3.68. The van der Waals surface area contributed by atoms with Crippen LogP contribution >= 0.6 is 0 Å². The summed E-state index contributed by atoms with van der Waals surface area (Å²) >= 11 is 0. The minimum absolute atomic E-state index is 0.0313. The third-order valence-electron chi connectivity index (χ3n) is 5.41. The van der Waals surface area contributed by atoms with Crippen LogP contribution in [0.1, 0.15) is 30.4 Å². The Balaban J connectivity index is 1.61. The van der Waals surface area contributed by atoms with Gasteiger partial charge in [-0.1, -0.05) is 67.6 Å². The second-order valence-corrected chi connectivity index (χ2v) is 7.89. The van der Waals surface area contributed by atoms with Crippen molar-refractivity contribution in [3.63, 3.8) is 0 Å². The van der Waals surface area contributed by atoms with Crippen molar-refractivity contribution in [3.8, 4) is 17.1 Å². The molecule has 5 nitrogen and oxygen atoms in total. The van der Waals surface area contributed by atoms with Gasteiger partial charge in [0.05, 0.1) is 10.9 Å². The molecule has 2 aromatic heterocycles. The molecule has 0 aliphatic carbocycles. The fourth-order valence-electron chi connectivity index (χ4n) is 3.77. The lowest BCUT2D eigenvalue weighted by atomic mass is 9.96. The predicted molar refractivity (Wildman–Crippen MR) is 119 cm³/mol. The summed E-state index contributed by atoms with van der Waals surface area (Å²) in [5, 5.41) is 4.17. The molecule has 170 valence electrons. The summed E-state index contributed by atoms with van der Waals surface area (Å²) in [7, 11) is 1.53. The first-order valence-corrected chi connectivity index (χ1v) is 10.4. The third kappa shape index (κ3) is 4.89. The molecule has 0 aliphatic rings. The summed E-state index contributed by atoms with van der Waals surface area (Å²) in [5.74, 6) is -0.524. The van der Waals surface area contributed by atoms with Gasteiger partial charge in [-0.2, -0.15) is 23.3 Å². The number of benzene rings is 2. The minimum Gasteiger partial charge on any atom is -0.470 e. The van der Waals surface area contributed by atoms with Crippen LogP contribution < -0.4 is 4.74 Å². The normalized spacial score (nSPS) is 12.6. The number of alkyl halides is 3. The maximum Gasteiger partial charge on any atom is 0.417 e. The maximum absolute atomic E-state index is 14.0. The van der Waals surface area contributed by atoms with E-state index in [1.54, 1.807) is 30.3 Å². The highest BCUT2D eigenvalue weighted by Gasteiger charge is 2.36. The van der Waals surface area contributed by atoms with E-state index in [2.05, 4.69) is 10.1 Å². The van der Waals surface area contributed by atoms with Crippen LogP contribution in [-0.4, -0.2) is 27.2 Å². The number of ether oxygens (including phenoxy) is 1. The Labute approximate surface area is 188 Å². The van der Waals surface area contributed by atoms with E-state index in [0.29, 0.717) is 5.56 Å². The van der Waals surface area contributed by atoms with Crippen LogP contribution in [-0.2, 0) is 18.0 Å². The Morgan fingerprint density at radius 2 is 1.70 bits per heavy atom. The molecule has 0 radical (unpaired) electrons. The molecule has 4 rings (SSSR count). The number of ketones is 1. The standard InChI is InChI=1S/C25H22F3N3O2/c1-16(17-9-5-3-6-10-17)13-19(32)15-33-21-14-20(25(26,27)28)22-23(18-11-7-4-8-12-18)30-31(2)24(22)29-21/h3-12,14,16H,13,15H2,1-2H3/t16-/m1/s1. The number of hydrogen-bond donors (Lipinski definition) is 0. The molecule has 0 unspecified atom stereocenters. The van der Waals surface area contributed by atoms with Crippen LogP contribution in [0.15, 0.2) is 66.7 Å². The van der Waals surface area contributed by atoms with E-state index >= 15 is 0 Å². The van der Waals surface area contributed by atoms with Crippen molar-refractivity contribution in [2.24, 2.45) is 7.05 Å². The number of Topliss-reactive ketones (excluding diaryl/α,β-unsaturated/α-hetero) is 1. The lowest BCUT2D eigenvalue weighted by molar-refractivity contribution is -0.136. The molecule has 0 N–H and O–H groups in total. The Bertz CT molecular complexity index is 1270. The first kappa shape index (κ1) is 22.5. The third-order valence-corrected chi connectivity index (χ3v) is 5.41. The Morgan fingerprint density at radius 3 is 2.33 bits per heavy atom. The van der Waals surface area contributed by atoms with Crippen molar-refractivity contribution >= 4 is 16.8 Å². The number of halogens is 3. The average molecular weight is 453 g/mol. The van der Waals surface area contributed by atoms with Crippen molar-refractivity contribution < 1.29 is 22.7 Å². The predicted octanol–water partition coefficient (Wildman–Crippen LogP) is 5.80. The number of aromatic nitrogens is 3. The quantitative estimate of drug-likeness (QED) is 0.355. The van der Waals surface area contributed by atoms with Gasteiger partial charge >= 0.3 is 6.18 Å². The number of carbonyl (C=O) groups is 1. The van der Waals surface area contributed by atoms with Gasteiger partial charge in [0, 0.05) is 25.1 Å². The van der Waals surface area contributed by atoms with Gasteiger partial charge in [0.1, 0.15) is 12.3 Å². The number of nitrogens with zero attached hydrogens (tertiary/aromatic N) is 3. The van der Waals surface area contributed by atoms with Crippen LogP contribution in [0.25, 0.3) is 22.3 Å². The Morgan fingerprint density at radius 1 is 1.06 bits per heavy atom. The highest BCUT2D eigenvalue weighted by Crippen LogP contribution is 2.40. The van der Waals surface area contributed by atoms with E-state index in [4.69, 9.17) is 4.74 Å². The highest BCUT2D eigenvalue weighted by atomic mass is 19.4. The smallest absolute Gasteiger partial charge is 0.417 e. The summed E-state index contributed by atoms with van der Waals surface area (Å²) in [5.41, 5.74) is 0.873. The summed E-state index contributed by atoms with van der Waals surface area (Å²) in [6, 6.07) is 19.0. The zero-order valence-electron chi connectivity index (χ0n) is 18.1. The van der Waals surface area contributed by atoms with Crippen LogP contribution in [0.3, 0.4) is 0 Å². The molecule has 2 heterocycles. The molecular weight excluding hydrogens is 431 g/mol. The lowest BCUT2D eigenvalue weighted by Crippen LogP contribution is -2.15. The molecular formula is C25H22F3N3O2. The van der Waals surface area contributed by atoms with Crippen LogP contribution in [0.2, 0.25) is 0 Å². The summed E-state index contributed by atoms with van der Waals surface area (Å²) < 4.78 is 48.6. The zero-order valence-corrected chi connectivity index (χ0v) is 18.1. The number of carbonyl (C=O) groups excluding carboxylic acids is 1. The average Bonchev–Trinajstić information content (AvgIpc) is 3.14. The SMILES string of the molecule is C[C@H](CC(=O)COc1cc(C(F)(F)F)c2c(-c3ccccc3)nn(C)c2n1)c1ccccc1. The van der Waals surface area contributed by atoms with E-state index in [1.807, 2.05) is 37.3 Å². The van der Waals surface area contributed by atoms with Gasteiger partial charge in [-0.3, -0.25) is 4.79 Å². The van der Waals surface area contributed by atoms with E-state index in [-0.39, 0.29) is 47.3 Å². The molecule has 0 bridgehead atoms. The molecule has 0 spiro atoms. The van der Waals surface area contributed by atoms with Crippen LogP contribution in [0, 0.1) is 0 Å². The van der Waals surface area contributed by atoms with E-state index in [0.717, 1.165) is 11.6 Å². The fourth-order valence-corrected chi connectivity index (χ4v) is 3.77. The highest BCUT2D eigenvalue weighted by molar-refractivity contribution is 5.94. The first-order chi connectivity index (χ1) is 15.7. The largest absolute Gasteiger partial charge is 0.470 e. The molecule has 0 saturated carbocycles. The van der Waals surface area contributed by atoms with Gasteiger partial charge in [-0.05, 0) is 11.5 Å². The zero-order chi connectivity index (χ0) is 23.6. The number of pyridine rings is 1. The lowest BCUT2D eigenvalue weighted by Gasteiger charge is -2.13. The van der Waals surface area contributed by atoms with Crippen molar-refractivity contribution in [1.29, 1.82) is 0 Å². The van der Waals surface area contributed by atoms with E-state index in [9.17, 15) is 18.0 Å². The molecule has 0 saturated heterocycles. The molecule has 0 amide bonds. The van der Waals surface area contributed by atoms with Gasteiger partial charge in [-0.15, -0.1) is 0 Å². The summed E-state index contributed by atoms with van der Waals surface area (Å²) in [6.07, 6.45) is -4.44. The van der Waals surface area contributed by atoms with Crippen molar-refractivity contribution in [3.05, 3.63) is 77.9 Å². The van der Waals surface area contributed by atoms with Gasteiger partial charge in [-0.25, -0.2) is 4.68 Å². The molecule has 0 fully saturated rings. The van der Waals surface area contributed by atoms with Crippen molar-refractivity contribution in [1.82, 2.24) is 14.8 Å².